The summed E-state index contributed by atoms with van der Waals surface area (Å²) in [6.07, 6.45) is 0. The van der Waals surface area contributed by atoms with Gasteiger partial charge in [0, 0.05) is 11.3 Å². The van der Waals surface area contributed by atoms with Crippen molar-refractivity contribution in [2.45, 2.75) is 17.5 Å². The number of fused-ring (bicyclic) bond motifs is 1. The Kier molecular flexibility index (Phi) is 5.82. The molecule has 0 unspecified atom stereocenters. The standard InChI is InChI=1S/C24H19N3O2S/c1-29-22-12-5-2-9-19(22)15-27-23(28)20-10-3-4-11-21(20)26-24(27)30-16-18-8-6-7-17(13-18)14-25/h2-13H,15-16H2,1H3. The normalized spacial score (nSPS) is 10.7. The zero-order valence-corrected chi connectivity index (χ0v) is 17.2. The number of nitrogens with zero attached hydrogens (tertiary/aromatic N) is 3. The van der Waals surface area contributed by atoms with Gasteiger partial charge in [-0.2, -0.15) is 5.26 Å². The lowest BCUT2D eigenvalue weighted by Crippen LogP contribution is -2.24. The Morgan fingerprint density at radius 2 is 1.87 bits per heavy atom. The molecular formula is C24H19N3O2S. The van der Waals surface area contributed by atoms with Crippen LogP contribution < -0.4 is 10.3 Å². The van der Waals surface area contributed by atoms with Crippen molar-refractivity contribution in [3.63, 3.8) is 0 Å². The average molecular weight is 414 g/mol. The van der Waals surface area contributed by atoms with Crippen molar-refractivity contribution in [2.24, 2.45) is 0 Å². The molecule has 0 atom stereocenters. The minimum absolute atomic E-state index is 0.0835. The van der Waals surface area contributed by atoms with E-state index in [0.29, 0.717) is 33.9 Å². The second-order valence-electron chi connectivity index (χ2n) is 6.72. The van der Waals surface area contributed by atoms with Crippen molar-refractivity contribution < 1.29 is 4.74 Å². The maximum Gasteiger partial charge on any atom is 0.262 e. The van der Waals surface area contributed by atoms with E-state index in [4.69, 9.17) is 15.0 Å². The Balaban J connectivity index is 1.76. The van der Waals surface area contributed by atoms with E-state index in [2.05, 4.69) is 6.07 Å². The largest absolute Gasteiger partial charge is 0.496 e. The van der Waals surface area contributed by atoms with Gasteiger partial charge in [0.15, 0.2) is 5.16 Å². The third-order valence-corrected chi connectivity index (χ3v) is 5.82. The fourth-order valence-corrected chi connectivity index (χ4v) is 4.22. The lowest BCUT2D eigenvalue weighted by Gasteiger charge is -2.15. The highest BCUT2D eigenvalue weighted by Gasteiger charge is 2.14. The number of rotatable bonds is 6. The first kappa shape index (κ1) is 19.7. The molecular weight excluding hydrogens is 394 g/mol. The molecule has 0 saturated heterocycles. The predicted molar refractivity (Wildman–Crippen MR) is 119 cm³/mol. The molecule has 0 spiro atoms. The van der Waals surface area contributed by atoms with Gasteiger partial charge >= 0.3 is 0 Å². The van der Waals surface area contributed by atoms with Crippen molar-refractivity contribution in [2.75, 3.05) is 7.11 Å². The molecule has 30 heavy (non-hydrogen) atoms. The SMILES string of the molecule is COc1ccccc1Cn1c(SCc2cccc(C#N)c2)nc2ccccc2c1=O. The van der Waals surface area contributed by atoms with Crippen LogP contribution in [0.15, 0.2) is 82.7 Å². The van der Waals surface area contributed by atoms with Gasteiger partial charge in [0.2, 0.25) is 0 Å². The van der Waals surface area contributed by atoms with E-state index >= 15 is 0 Å². The minimum atomic E-state index is -0.0835. The Morgan fingerprint density at radius 3 is 2.70 bits per heavy atom. The van der Waals surface area contributed by atoms with E-state index in [1.165, 1.54) is 11.8 Å². The lowest BCUT2D eigenvalue weighted by molar-refractivity contribution is 0.407. The van der Waals surface area contributed by atoms with Crippen molar-refractivity contribution in [3.8, 4) is 11.8 Å². The number of thioether (sulfide) groups is 1. The van der Waals surface area contributed by atoms with Crippen molar-refractivity contribution >= 4 is 22.7 Å². The number of nitriles is 1. The molecule has 148 valence electrons. The lowest BCUT2D eigenvalue weighted by atomic mass is 10.2. The molecule has 0 saturated carbocycles. The third kappa shape index (κ3) is 4.07. The third-order valence-electron chi connectivity index (χ3n) is 4.77. The fraction of sp³-hybridized carbons (Fsp3) is 0.125. The fourth-order valence-electron chi connectivity index (χ4n) is 3.28. The molecule has 1 aromatic heterocycles. The van der Waals surface area contributed by atoms with Gasteiger partial charge in [0.1, 0.15) is 5.75 Å². The summed E-state index contributed by atoms with van der Waals surface area (Å²) in [4.78, 5) is 18.1. The van der Waals surface area contributed by atoms with E-state index in [9.17, 15) is 4.79 Å². The molecule has 0 N–H and O–H groups in total. The summed E-state index contributed by atoms with van der Waals surface area (Å²) in [5.74, 6) is 1.34. The zero-order valence-electron chi connectivity index (χ0n) is 16.4. The quantitative estimate of drug-likeness (QED) is 0.341. The Hall–Kier alpha value is -3.56. The summed E-state index contributed by atoms with van der Waals surface area (Å²) in [6, 6.07) is 24.7. The van der Waals surface area contributed by atoms with E-state index < -0.39 is 0 Å². The van der Waals surface area contributed by atoms with Gasteiger partial charge in [-0.3, -0.25) is 9.36 Å². The van der Waals surface area contributed by atoms with Crippen LogP contribution in [0.3, 0.4) is 0 Å². The van der Waals surface area contributed by atoms with Gasteiger partial charge in [0.05, 0.1) is 36.2 Å². The molecule has 5 nitrogen and oxygen atoms in total. The van der Waals surface area contributed by atoms with Gasteiger partial charge in [0.25, 0.3) is 5.56 Å². The van der Waals surface area contributed by atoms with Crippen molar-refractivity contribution in [1.29, 1.82) is 5.26 Å². The highest BCUT2D eigenvalue weighted by atomic mass is 32.2. The number of methoxy groups -OCH3 is 1. The monoisotopic (exact) mass is 413 g/mol. The van der Waals surface area contributed by atoms with Crippen LogP contribution in [-0.4, -0.2) is 16.7 Å². The van der Waals surface area contributed by atoms with Gasteiger partial charge < -0.3 is 4.74 Å². The van der Waals surface area contributed by atoms with Crippen molar-refractivity contribution in [1.82, 2.24) is 9.55 Å². The van der Waals surface area contributed by atoms with Crippen LogP contribution in [0.1, 0.15) is 16.7 Å². The van der Waals surface area contributed by atoms with Crippen LogP contribution in [0.25, 0.3) is 10.9 Å². The highest BCUT2D eigenvalue weighted by molar-refractivity contribution is 7.98. The van der Waals surface area contributed by atoms with Gasteiger partial charge in [-0.05, 0) is 35.9 Å². The molecule has 4 aromatic rings. The second kappa shape index (κ2) is 8.85. The molecule has 0 aliphatic heterocycles. The maximum absolute atomic E-state index is 13.3. The molecule has 3 aromatic carbocycles. The van der Waals surface area contributed by atoms with Gasteiger partial charge in [-0.1, -0.05) is 54.2 Å². The first-order valence-electron chi connectivity index (χ1n) is 9.43. The van der Waals surface area contributed by atoms with Gasteiger partial charge in [-0.15, -0.1) is 0 Å². The summed E-state index contributed by atoms with van der Waals surface area (Å²) < 4.78 is 7.16. The maximum atomic E-state index is 13.3. The van der Waals surface area contributed by atoms with Crippen molar-refractivity contribution in [3.05, 3.63) is 99.8 Å². The summed E-state index contributed by atoms with van der Waals surface area (Å²) in [5, 5.41) is 10.4. The second-order valence-corrected chi connectivity index (χ2v) is 7.66. The van der Waals surface area contributed by atoms with Crippen LogP contribution >= 0.6 is 11.8 Å². The van der Waals surface area contributed by atoms with E-state index in [0.717, 1.165) is 16.9 Å². The molecule has 1 heterocycles. The molecule has 0 aliphatic rings. The number of aromatic nitrogens is 2. The molecule has 0 radical (unpaired) electrons. The highest BCUT2D eigenvalue weighted by Crippen LogP contribution is 2.25. The Bertz CT molecular complexity index is 1310. The number of para-hydroxylation sites is 2. The van der Waals surface area contributed by atoms with E-state index in [1.54, 1.807) is 23.8 Å². The van der Waals surface area contributed by atoms with Crippen LogP contribution in [0.4, 0.5) is 0 Å². The van der Waals surface area contributed by atoms with E-state index in [1.807, 2.05) is 60.7 Å². The van der Waals surface area contributed by atoms with Gasteiger partial charge in [-0.25, -0.2) is 4.98 Å². The Labute approximate surface area is 178 Å². The summed E-state index contributed by atoms with van der Waals surface area (Å²) in [6.45, 7) is 0.362. The molecule has 4 rings (SSSR count). The first-order valence-corrected chi connectivity index (χ1v) is 10.4. The van der Waals surface area contributed by atoms with Crippen LogP contribution in [-0.2, 0) is 12.3 Å². The molecule has 0 amide bonds. The number of hydrogen-bond donors (Lipinski definition) is 0. The summed E-state index contributed by atoms with van der Waals surface area (Å²) in [5.41, 5.74) is 3.12. The van der Waals surface area contributed by atoms with Crippen LogP contribution in [0.2, 0.25) is 0 Å². The molecule has 0 aliphatic carbocycles. The number of ether oxygens (including phenoxy) is 1. The van der Waals surface area contributed by atoms with Crippen LogP contribution in [0.5, 0.6) is 5.75 Å². The molecule has 0 fully saturated rings. The Morgan fingerprint density at radius 1 is 1.07 bits per heavy atom. The first-order chi connectivity index (χ1) is 14.7. The number of benzene rings is 3. The van der Waals surface area contributed by atoms with Crippen LogP contribution in [0, 0.1) is 11.3 Å². The topological polar surface area (TPSA) is 67.9 Å². The molecule has 0 bridgehead atoms. The summed E-state index contributed by atoms with van der Waals surface area (Å²) in [7, 11) is 1.62. The minimum Gasteiger partial charge on any atom is -0.496 e. The average Bonchev–Trinajstić information content (AvgIpc) is 2.80. The predicted octanol–water partition coefficient (Wildman–Crippen LogP) is 4.62. The smallest absolute Gasteiger partial charge is 0.262 e. The molecule has 6 heteroatoms. The summed E-state index contributed by atoms with van der Waals surface area (Å²) >= 11 is 1.48. The number of hydrogen-bond acceptors (Lipinski definition) is 5. The van der Waals surface area contributed by atoms with E-state index in [-0.39, 0.29) is 5.56 Å². The zero-order chi connectivity index (χ0) is 20.9.